The van der Waals surface area contributed by atoms with Crippen molar-refractivity contribution in [2.45, 2.75) is 32.2 Å². The summed E-state index contributed by atoms with van der Waals surface area (Å²) in [7, 11) is 2.07. The molecule has 1 N–H and O–H groups in total. The first-order valence-electron chi connectivity index (χ1n) is 9.53. The third kappa shape index (κ3) is 4.92. The lowest BCUT2D eigenvalue weighted by Crippen LogP contribution is -2.36. The Bertz CT molecular complexity index is 762. The van der Waals surface area contributed by atoms with Crippen LogP contribution in [0.3, 0.4) is 0 Å². The number of piperidine rings is 1. The van der Waals surface area contributed by atoms with Crippen molar-refractivity contribution in [1.82, 2.24) is 9.88 Å². The van der Waals surface area contributed by atoms with Crippen LogP contribution in [-0.4, -0.2) is 48.5 Å². The number of aromatic nitrogens is 1. The van der Waals surface area contributed by atoms with Gasteiger partial charge in [0.15, 0.2) is 0 Å². The number of rotatable bonds is 6. The van der Waals surface area contributed by atoms with Crippen molar-refractivity contribution in [3.63, 3.8) is 0 Å². The molecule has 0 bridgehead atoms. The van der Waals surface area contributed by atoms with Crippen LogP contribution in [0.5, 0.6) is 0 Å². The Morgan fingerprint density at radius 2 is 1.96 bits per heavy atom. The second-order valence-corrected chi connectivity index (χ2v) is 7.49. The number of nitrogens with zero attached hydrogens (tertiary/aromatic N) is 3. The van der Waals surface area contributed by atoms with E-state index in [9.17, 15) is 4.79 Å². The Hall–Kier alpha value is -2.27. The first-order chi connectivity index (χ1) is 13.1. The summed E-state index contributed by atoms with van der Waals surface area (Å²) < 4.78 is 0. The standard InChI is InChI=1S/C21H27ClN4O/c1-16(25(2)18-9-5-3-6-10-18)14-23-20-19(22)13-17(15-24-20)21(27)26-11-7-4-8-12-26/h3,5-6,9-10,13,15-16H,4,7-8,11-12,14H2,1-2H3,(H,23,24). The number of nitrogens with one attached hydrogen (secondary N) is 1. The first kappa shape index (κ1) is 19.5. The van der Waals surface area contributed by atoms with Crippen molar-refractivity contribution in [3.05, 3.63) is 53.2 Å². The number of halogens is 1. The largest absolute Gasteiger partial charge is 0.370 e. The predicted octanol–water partition coefficient (Wildman–Crippen LogP) is 4.30. The van der Waals surface area contributed by atoms with Crippen molar-refractivity contribution >= 4 is 29.0 Å². The van der Waals surface area contributed by atoms with Gasteiger partial charge in [-0.15, -0.1) is 0 Å². The van der Waals surface area contributed by atoms with Gasteiger partial charge >= 0.3 is 0 Å². The summed E-state index contributed by atoms with van der Waals surface area (Å²) in [6.45, 7) is 4.47. The van der Waals surface area contributed by atoms with Gasteiger partial charge < -0.3 is 15.1 Å². The SMILES string of the molecule is CC(CNc1ncc(C(=O)N2CCCCC2)cc1Cl)N(C)c1ccccc1. The van der Waals surface area contributed by atoms with Gasteiger partial charge in [0, 0.05) is 44.6 Å². The van der Waals surface area contributed by atoms with E-state index < -0.39 is 0 Å². The van der Waals surface area contributed by atoms with E-state index in [0.717, 1.165) is 31.6 Å². The molecule has 2 heterocycles. The van der Waals surface area contributed by atoms with Crippen LogP contribution in [-0.2, 0) is 0 Å². The Morgan fingerprint density at radius 1 is 1.26 bits per heavy atom. The fourth-order valence-electron chi connectivity index (χ4n) is 3.26. The molecule has 1 aromatic carbocycles. The third-order valence-electron chi connectivity index (χ3n) is 5.12. The molecular weight excluding hydrogens is 360 g/mol. The van der Waals surface area contributed by atoms with Gasteiger partial charge in [0.1, 0.15) is 5.82 Å². The van der Waals surface area contributed by atoms with Gasteiger partial charge in [-0.3, -0.25) is 4.79 Å². The summed E-state index contributed by atoms with van der Waals surface area (Å²) in [5, 5.41) is 3.78. The number of likely N-dealkylation sites (tertiary alicyclic amines) is 1. The molecule has 0 spiro atoms. The van der Waals surface area contributed by atoms with Crippen LogP contribution >= 0.6 is 11.6 Å². The molecule has 1 aromatic heterocycles. The fraction of sp³-hybridized carbons (Fsp3) is 0.429. The molecule has 2 aromatic rings. The predicted molar refractivity (Wildman–Crippen MR) is 112 cm³/mol. The molecule has 1 unspecified atom stereocenters. The van der Waals surface area contributed by atoms with Gasteiger partial charge in [-0.05, 0) is 44.4 Å². The van der Waals surface area contributed by atoms with Crippen molar-refractivity contribution in [1.29, 1.82) is 0 Å². The number of likely N-dealkylation sites (N-methyl/N-ethyl adjacent to an activating group) is 1. The lowest BCUT2D eigenvalue weighted by atomic mass is 10.1. The van der Waals surface area contributed by atoms with E-state index in [4.69, 9.17) is 11.6 Å². The molecule has 0 radical (unpaired) electrons. The molecule has 144 valence electrons. The number of benzene rings is 1. The van der Waals surface area contributed by atoms with E-state index in [1.54, 1.807) is 12.3 Å². The molecule has 1 aliphatic heterocycles. The fourth-order valence-corrected chi connectivity index (χ4v) is 3.50. The summed E-state index contributed by atoms with van der Waals surface area (Å²) >= 11 is 6.38. The Labute approximate surface area is 166 Å². The van der Waals surface area contributed by atoms with E-state index in [1.165, 1.54) is 6.42 Å². The molecule has 0 saturated carbocycles. The number of pyridine rings is 1. The van der Waals surface area contributed by atoms with E-state index >= 15 is 0 Å². The summed E-state index contributed by atoms with van der Waals surface area (Å²) in [5.74, 6) is 0.632. The van der Waals surface area contributed by atoms with Gasteiger partial charge in [-0.1, -0.05) is 29.8 Å². The lowest BCUT2D eigenvalue weighted by Gasteiger charge is -2.28. The summed E-state index contributed by atoms with van der Waals surface area (Å²) in [5.41, 5.74) is 1.72. The monoisotopic (exact) mass is 386 g/mol. The number of carbonyl (C=O) groups is 1. The topological polar surface area (TPSA) is 48.5 Å². The van der Waals surface area contributed by atoms with Crippen LogP contribution in [0.1, 0.15) is 36.5 Å². The summed E-state index contributed by atoms with van der Waals surface area (Å²) in [4.78, 5) is 21.1. The highest BCUT2D eigenvalue weighted by Gasteiger charge is 2.19. The highest BCUT2D eigenvalue weighted by Crippen LogP contribution is 2.22. The zero-order valence-corrected chi connectivity index (χ0v) is 16.7. The molecule has 1 atom stereocenters. The number of anilines is 2. The zero-order chi connectivity index (χ0) is 19.2. The zero-order valence-electron chi connectivity index (χ0n) is 16.0. The molecule has 5 nitrogen and oxygen atoms in total. The number of carbonyl (C=O) groups excluding carboxylic acids is 1. The molecule has 1 fully saturated rings. The molecule has 6 heteroatoms. The minimum atomic E-state index is 0.0211. The normalized spacial score (nSPS) is 15.3. The van der Waals surface area contributed by atoms with Gasteiger partial charge in [-0.25, -0.2) is 4.98 Å². The van der Waals surface area contributed by atoms with Crippen LogP contribution in [0.25, 0.3) is 0 Å². The van der Waals surface area contributed by atoms with Crippen molar-refractivity contribution in [3.8, 4) is 0 Å². The molecule has 27 heavy (non-hydrogen) atoms. The lowest BCUT2D eigenvalue weighted by molar-refractivity contribution is 0.0724. The average molecular weight is 387 g/mol. The molecule has 3 rings (SSSR count). The van der Waals surface area contributed by atoms with Crippen molar-refractivity contribution in [2.24, 2.45) is 0 Å². The van der Waals surface area contributed by atoms with Crippen molar-refractivity contribution < 1.29 is 4.79 Å². The van der Waals surface area contributed by atoms with E-state index in [-0.39, 0.29) is 11.9 Å². The van der Waals surface area contributed by atoms with Gasteiger partial charge in [0.05, 0.1) is 10.6 Å². The minimum absolute atomic E-state index is 0.0211. The highest BCUT2D eigenvalue weighted by atomic mass is 35.5. The molecule has 1 aliphatic rings. The second-order valence-electron chi connectivity index (χ2n) is 7.08. The number of hydrogen-bond donors (Lipinski definition) is 1. The van der Waals surface area contributed by atoms with Crippen LogP contribution in [0.4, 0.5) is 11.5 Å². The summed E-state index contributed by atoms with van der Waals surface area (Å²) in [6, 6.07) is 12.2. The highest BCUT2D eigenvalue weighted by molar-refractivity contribution is 6.33. The van der Waals surface area contributed by atoms with Crippen LogP contribution < -0.4 is 10.2 Å². The maximum Gasteiger partial charge on any atom is 0.255 e. The number of amides is 1. The molecular formula is C21H27ClN4O. The minimum Gasteiger partial charge on any atom is -0.370 e. The van der Waals surface area contributed by atoms with Gasteiger partial charge in [0.2, 0.25) is 0 Å². The Balaban J connectivity index is 1.60. The second kappa shape index (κ2) is 9.09. The number of hydrogen-bond acceptors (Lipinski definition) is 4. The first-order valence-corrected chi connectivity index (χ1v) is 9.90. The van der Waals surface area contributed by atoms with Crippen LogP contribution in [0.2, 0.25) is 5.02 Å². The van der Waals surface area contributed by atoms with E-state index in [1.807, 2.05) is 23.1 Å². The average Bonchev–Trinajstić information content (AvgIpc) is 2.72. The maximum atomic E-state index is 12.6. The Kier molecular flexibility index (Phi) is 6.56. The van der Waals surface area contributed by atoms with Crippen molar-refractivity contribution in [2.75, 3.05) is 36.9 Å². The van der Waals surface area contributed by atoms with Crippen LogP contribution in [0, 0.1) is 0 Å². The number of para-hydroxylation sites is 1. The third-order valence-corrected chi connectivity index (χ3v) is 5.41. The van der Waals surface area contributed by atoms with E-state index in [2.05, 4.69) is 41.3 Å². The maximum absolute atomic E-state index is 12.6. The molecule has 1 amide bonds. The van der Waals surface area contributed by atoms with Gasteiger partial charge in [-0.2, -0.15) is 0 Å². The quantitative estimate of drug-likeness (QED) is 0.804. The smallest absolute Gasteiger partial charge is 0.255 e. The van der Waals surface area contributed by atoms with E-state index in [0.29, 0.717) is 22.9 Å². The Morgan fingerprint density at radius 3 is 2.63 bits per heavy atom. The molecule has 1 saturated heterocycles. The summed E-state index contributed by atoms with van der Waals surface area (Å²) in [6.07, 6.45) is 4.96. The van der Waals surface area contributed by atoms with Crippen LogP contribution in [0.15, 0.2) is 42.6 Å². The van der Waals surface area contributed by atoms with Gasteiger partial charge in [0.25, 0.3) is 5.91 Å². The molecule has 0 aliphatic carbocycles.